The Morgan fingerprint density at radius 1 is 1.44 bits per heavy atom. The number of nitrogens with two attached hydrogens (primary N) is 1. The van der Waals surface area contributed by atoms with E-state index < -0.39 is 6.04 Å². The van der Waals surface area contributed by atoms with Gasteiger partial charge in [0.05, 0.1) is 6.04 Å². The molecule has 1 aromatic rings. The van der Waals surface area contributed by atoms with Crippen LogP contribution in [0.15, 0.2) is 28.7 Å². The topological polar surface area (TPSA) is 46.3 Å². The van der Waals surface area contributed by atoms with Crippen molar-refractivity contribution in [2.45, 2.75) is 19.0 Å². The fourth-order valence-corrected chi connectivity index (χ4v) is 2.35. The first-order chi connectivity index (χ1) is 8.54. The number of thioether (sulfide) groups is 1. The molecule has 0 unspecified atom stereocenters. The molecule has 0 aliphatic rings. The van der Waals surface area contributed by atoms with Gasteiger partial charge in [0.25, 0.3) is 0 Å². The Bertz CT molecular complexity index is 383. The van der Waals surface area contributed by atoms with Crippen LogP contribution in [0.5, 0.6) is 0 Å². The average molecular weight is 331 g/mol. The molecule has 5 heteroatoms. The molecule has 0 bridgehead atoms. The van der Waals surface area contributed by atoms with Crippen LogP contribution in [0, 0.1) is 0 Å². The molecule has 0 aromatic heterocycles. The van der Waals surface area contributed by atoms with E-state index in [1.807, 2.05) is 30.5 Å². The van der Waals surface area contributed by atoms with Crippen LogP contribution in [0.4, 0.5) is 0 Å². The lowest BCUT2D eigenvalue weighted by atomic mass is 10.2. The molecule has 100 valence electrons. The van der Waals surface area contributed by atoms with Gasteiger partial charge in [-0.25, -0.2) is 0 Å². The average Bonchev–Trinajstić information content (AvgIpc) is 2.37. The van der Waals surface area contributed by atoms with E-state index in [1.54, 1.807) is 23.7 Å². The SMILES string of the molecule is CSCC[C@@H](N)C(=O)N(C)Cc1ccc(Br)cc1. The summed E-state index contributed by atoms with van der Waals surface area (Å²) in [6.45, 7) is 0.596. The molecule has 3 nitrogen and oxygen atoms in total. The third kappa shape index (κ3) is 5.00. The Labute approximate surface area is 121 Å². The minimum atomic E-state index is -0.391. The summed E-state index contributed by atoms with van der Waals surface area (Å²) in [6.07, 6.45) is 2.74. The summed E-state index contributed by atoms with van der Waals surface area (Å²) in [6, 6.07) is 7.56. The number of carbonyl (C=O) groups is 1. The first-order valence-corrected chi connectivity index (χ1v) is 7.97. The number of benzene rings is 1. The number of likely N-dealkylation sites (N-methyl/N-ethyl adjacent to an activating group) is 1. The van der Waals surface area contributed by atoms with Gasteiger partial charge in [-0.1, -0.05) is 28.1 Å². The van der Waals surface area contributed by atoms with Crippen LogP contribution in [0.1, 0.15) is 12.0 Å². The predicted octanol–water partition coefficient (Wildman–Crippen LogP) is 2.49. The molecule has 2 N–H and O–H groups in total. The molecule has 1 rings (SSSR count). The van der Waals surface area contributed by atoms with Crippen LogP contribution in [0.25, 0.3) is 0 Å². The number of halogens is 1. The van der Waals surface area contributed by atoms with Gasteiger partial charge in [0.1, 0.15) is 0 Å². The maximum absolute atomic E-state index is 12.0. The highest BCUT2D eigenvalue weighted by Gasteiger charge is 2.17. The van der Waals surface area contributed by atoms with E-state index in [1.165, 1.54) is 0 Å². The van der Waals surface area contributed by atoms with Gasteiger partial charge in [0.2, 0.25) is 5.91 Å². The largest absolute Gasteiger partial charge is 0.340 e. The Hall–Kier alpha value is -0.520. The molecule has 0 radical (unpaired) electrons. The lowest BCUT2D eigenvalue weighted by Gasteiger charge is -2.21. The van der Waals surface area contributed by atoms with Gasteiger partial charge >= 0.3 is 0 Å². The fraction of sp³-hybridized carbons (Fsp3) is 0.462. The molecule has 1 atom stereocenters. The highest BCUT2D eigenvalue weighted by atomic mass is 79.9. The van der Waals surface area contributed by atoms with Gasteiger partial charge in [-0.05, 0) is 36.1 Å². The smallest absolute Gasteiger partial charge is 0.239 e. The van der Waals surface area contributed by atoms with Crippen molar-refractivity contribution in [3.63, 3.8) is 0 Å². The number of amides is 1. The van der Waals surface area contributed by atoms with Crippen LogP contribution in [-0.4, -0.2) is 35.9 Å². The Balaban J connectivity index is 2.51. The van der Waals surface area contributed by atoms with E-state index in [9.17, 15) is 4.79 Å². The van der Waals surface area contributed by atoms with Crippen molar-refractivity contribution in [1.82, 2.24) is 4.90 Å². The highest BCUT2D eigenvalue weighted by molar-refractivity contribution is 9.10. The molecule has 18 heavy (non-hydrogen) atoms. The normalized spacial score (nSPS) is 12.2. The quantitative estimate of drug-likeness (QED) is 0.871. The Kier molecular flexibility index (Phi) is 6.75. The number of nitrogens with zero attached hydrogens (tertiary/aromatic N) is 1. The first-order valence-electron chi connectivity index (χ1n) is 5.78. The summed E-state index contributed by atoms with van der Waals surface area (Å²) in [7, 11) is 1.79. The van der Waals surface area contributed by atoms with E-state index in [2.05, 4.69) is 15.9 Å². The zero-order chi connectivity index (χ0) is 13.5. The summed E-state index contributed by atoms with van der Waals surface area (Å²) in [5, 5.41) is 0. The number of rotatable bonds is 6. The third-order valence-corrected chi connectivity index (χ3v) is 3.83. The molecule has 1 amide bonds. The second-order valence-corrected chi connectivity index (χ2v) is 6.11. The van der Waals surface area contributed by atoms with Crippen LogP contribution < -0.4 is 5.73 Å². The predicted molar refractivity (Wildman–Crippen MR) is 81.6 cm³/mol. The minimum Gasteiger partial charge on any atom is -0.340 e. The van der Waals surface area contributed by atoms with Gasteiger partial charge in [-0.3, -0.25) is 4.79 Å². The molecule has 0 aliphatic carbocycles. The summed E-state index contributed by atoms with van der Waals surface area (Å²) in [5.74, 6) is 0.922. The van der Waals surface area contributed by atoms with Crippen molar-refractivity contribution in [2.75, 3.05) is 19.1 Å². The van der Waals surface area contributed by atoms with E-state index in [4.69, 9.17) is 5.73 Å². The summed E-state index contributed by atoms with van der Waals surface area (Å²) in [4.78, 5) is 13.7. The van der Waals surface area contributed by atoms with Crippen LogP contribution in [0.3, 0.4) is 0 Å². The van der Waals surface area contributed by atoms with E-state index in [0.29, 0.717) is 6.54 Å². The van der Waals surface area contributed by atoms with E-state index in [0.717, 1.165) is 22.2 Å². The standard InChI is InChI=1S/C13H19BrN2OS/c1-16(13(17)12(15)7-8-18-2)9-10-3-5-11(14)6-4-10/h3-6,12H,7-9,15H2,1-2H3/t12-/m1/s1. The van der Waals surface area contributed by atoms with E-state index >= 15 is 0 Å². The van der Waals surface area contributed by atoms with Crippen LogP contribution in [-0.2, 0) is 11.3 Å². The van der Waals surface area contributed by atoms with Gasteiger partial charge in [0, 0.05) is 18.1 Å². The number of hydrogen-bond acceptors (Lipinski definition) is 3. The molecule has 0 heterocycles. The lowest BCUT2D eigenvalue weighted by molar-refractivity contribution is -0.131. The van der Waals surface area contributed by atoms with Crippen LogP contribution in [0.2, 0.25) is 0 Å². The second kappa shape index (κ2) is 7.81. The number of carbonyl (C=O) groups excluding carboxylic acids is 1. The van der Waals surface area contributed by atoms with Gasteiger partial charge < -0.3 is 10.6 Å². The summed E-state index contributed by atoms with van der Waals surface area (Å²) in [5.41, 5.74) is 6.97. The van der Waals surface area contributed by atoms with Crippen molar-refractivity contribution in [3.05, 3.63) is 34.3 Å². The highest BCUT2D eigenvalue weighted by Crippen LogP contribution is 2.12. The van der Waals surface area contributed by atoms with Gasteiger partial charge in [0.15, 0.2) is 0 Å². The number of hydrogen-bond donors (Lipinski definition) is 1. The molecule has 1 aromatic carbocycles. The zero-order valence-corrected chi connectivity index (χ0v) is 13.1. The zero-order valence-electron chi connectivity index (χ0n) is 10.7. The third-order valence-electron chi connectivity index (χ3n) is 2.66. The van der Waals surface area contributed by atoms with Gasteiger partial charge in [-0.2, -0.15) is 11.8 Å². The molecule has 0 spiro atoms. The van der Waals surface area contributed by atoms with Crippen molar-refractivity contribution in [1.29, 1.82) is 0 Å². The maximum atomic E-state index is 12.0. The van der Waals surface area contributed by atoms with Crippen molar-refractivity contribution >= 4 is 33.6 Å². The van der Waals surface area contributed by atoms with Crippen molar-refractivity contribution in [3.8, 4) is 0 Å². The Morgan fingerprint density at radius 3 is 2.61 bits per heavy atom. The van der Waals surface area contributed by atoms with Gasteiger partial charge in [-0.15, -0.1) is 0 Å². The van der Waals surface area contributed by atoms with E-state index in [-0.39, 0.29) is 5.91 Å². The molecular weight excluding hydrogens is 312 g/mol. The maximum Gasteiger partial charge on any atom is 0.239 e. The monoisotopic (exact) mass is 330 g/mol. The second-order valence-electron chi connectivity index (χ2n) is 4.21. The molecular formula is C13H19BrN2OS. The minimum absolute atomic E-state index is 0.00645. The van der Waals surface area contributed by atoms with Crippen molar-refractivity contribution in [2.24, 2.45) is 5.73 Å². The molecule has 0 fully saturated rings. The molecule has 0 saturated carbocycles. The molecule has 0 saturated heterocycles. The Morgan fingerprint density at radius 2 is 2.06 bits per heavy atom. The first kappa shape index (κ1) is 15.5. The summed E-state index contributed by atoms with van der Waals surface area (Å²) >= 11 is 5.10. The molecule has 0 aliphatic heterocycles. The van der Waals surface area contributed by atoms with Crippen LogP contribution >= 0.6 is 27.7 Å². The van der Waals surface area contributed by atoms with Crippen molar-refractivity contribution < 1.29 is 4.79 Å². The fourth-order valence-electron chi connectivity index (χ4n) is 1.59. The lowest BCUT2D eigenvalue weighted by Crippen LogP contribution is -2.41. The summed E-state index contributed by atoms with van der Waals surface area (Å²) < 4.78 is 1.04.